The zero-order valence-corrected chi connectivity index (χ0v) is 15.8. The van der Waals surface area contributed by atoms with Crippen molar-refractivity contribution in [3.63, 3.8) is 0 Å². The van der Waals surface area contributed by atoms with Gasteiger partial charge in [-0.2, -0.15) is 0 Å². The molecule has 0 saturated carbocycles. The van der Waals surface area contributed by atoms with Crippen LogP contribution in [0.3, 0.4) is 0 Å². The third kappa shape index (κ3) is 3.79. The molecule has 0 N–H and O–H groups in total. The molecule has 0 spiro atoms. The van der Waals surface area contributed by atoms with Gasteiger partial charge < -0.3 is 4.90 Å². The molecule has 0 saturated heterocycles. The molecule has 3 nitrogen and oxygen atoms in total. The molecule has 0 aliphatic heterocycles. The van der Waals surface area contributed by atoms with E-state index >= 15 is 0 Å². The predicted octanol–water partition coefficient (Wildman–Crippen LogP) is 5.64. The first-order chi connectivity index (χ1) is 13.7. The molecule has 1 heterocycles. The van der Waals surface area contributed by atoms with Crippen molar-refractivity contribution in [2.45, 2.75) is 19.5 Å². The van der Waals surface area contributed by atoms with Crippen molar-refractivity contribution in [3.05, 3.63) is 114 Å². The van der Waals surface area contributed by atoms with Gasteiger partial charge in [0.15, 0.2) is 0 Å². The molecule has 3 aromatic carbocycles. The van der Waals surface area contributed by atoms with E-state index in [-0.39, 0.29) is 11.9 Å². The summed E-state index contributed by atoms with van der Waals surface area (Å²) in [5, 5.41) is 1.03. The Morgan fingerprint density at radius 1 is 0.821 bits per heavy atom. The lowest BCUT2D eigenvalue weighted by Gasteiger charge is -2.29. The summed E-state index contributed by atoms with van der Waals surface area (Å²) < 4.78 is 0. The van der Waals surface area contributed by atoms with E-state index in [2.05, 4.69) is 24.0 Å². The number of nitrogens with zero attached hydrogens (tertiary/aromatic N) is 2. The monoisotopic (exact) mass is 366 g/mol. The normalized spacial score (nSPS) is 11.9. The highest BCUT2D eigenvalue weighted by atomic mass is 16.2. The van der Waals surface area contributed by atoms with E-state index in [0.29, 0.717) is 12.2 Å². The highest BCUT2D eigenvalue weighted by Crippen LogP contribution is 2.25. The molecule has 138 valence electrons. The molecule has 0 fully saturated rings. The van der Waals surface area contributed by atoms with Gasteiger partial charge in [-0.15, -0.1) is 0 Å². The lowest BCUT2D eigenvalue weighted by atomic mass is 10.0. The number of benzene rings is 3. The number of carbonyl (C=O) groups excluding carboxylic acids is 1. The molecule has 0 bridgehead atoms. The van der Waals surface area contributed by atoms with Gasteiger partial charge in [-0.25, -0.2) is 4.98 Å². The molecule has 0 unspecified atom stereocenters. The molecule has 4 rings (SSSR count). The lowest BCUT2D eigenvalue weighted by Crippen LogP contribution is -2.33. The van der Waals surface area contributed by atoms with E-state index < -0.39 is 0 Å². The quantitative estimate of drug-likeness (QED) is 0.458. The molecule has 4 aromatic rings. The minimum absolute atomic E-state index is 0.0639. The average Bonchev–Trinajstić information content (AvgIpc) is 2.77. The van der Waals surface area contributed by atoms with Crippen LogP contribution in [0.15, 0.2) is 97.1 Å². The highest BCUT2D eigenvalue weighted by molar-refractivity contribution is 5.95. The summed E-state index contributed by atoms with van der Waals surface area (Å²) in [6.45, 7) is 2.60. The Kier molecular flexibility index (Phi) is 5.16. The first-order valence-electron chi connectivity index (χ1n) is 9.48. The van der Waals surface area contributed by atoms with Gasteiger partial charge in [0.1, 0.15) is 5.69 Å². The Morgan fingerprint density at radius 2 is 1.46 bits per heavy atom. The van der Waals surface area contributed by atoms with Gasteiger partial charge in [-0.3, -0.25) is 4.79 Å². The van der Waals surface area contributed by atoms with E-state index in [4.69, 9.17) is 0 Å². The Bertz CT molecular complexity index is 1080. The van der Waals surface area contributed by atoms with Gasteiger partial charge >= 0.3 is 0 Å². The van der Waals surface area contributed by atoms with Crippen LogP contribution >= 0.6 is 0 Å². The lowest BCUT2D eigenvalue weighted by molar-refractivity contribution is 0.0668. The first-order valence-corrected chi connectivity index (χ1v) is 9.48. The van der Waals surface area contributed by atoms with Crippen molar-refractivity contribution in [3.8, 4) is 0 Å². The molecular weight excluding hydrogens is 344 g/mol. The summed E-state index contributed by atoms with van der Waals surface area (Å²) in [4.78, 5) is 20.0. The van der Waals surface area contributed by atoms with E-state index in [0.717, 1.165) is 22.0 Å². The molecule has 1 aromatic heterocycles. The standard InChI is InChI=1S/C25H22N2O/c1-19(21-12-6-3-7-13-21)27(18-20-10-4-2-5-11-20)25(28)24-17-16-22-14-8-9-15-23(22)26-24/h2-17,19H,18H2,1H3/t19-/m1/s1. The summed E-state index contributed by atoms with van der Waals surface area (Å²) in [7, 11) is 0. The molecule has 28 heavy (non-hydrogen) atoms. The smallest absolute Gasteiger partial charge is 0.273 e. The molecule has 0 radical (unpaired) electrons. The zero-order chi connectivity index (χ0) is 19.3. The molecule has 0 aliphatic carbocycles. The van der Waals surface area contributed by atoms with Gasteiger partial charge in [0.05, 0.1) is 11.6 Å². The van der Waals surface area contributed by atoms with E-state index in [9.17, 15) is 4.79 Å². The van der Waals surface area contributed by atoms with Gasteiger partial charge in [0.25, 0.3) is 5.91 Å². The van der Waals surface area contributed by atoms with Crippen molar-refractivity contribution in [1.82, 2.24) is 9.88 Å². The second-order valence-corrected chi connectivity index (χ2v) is 6.89. The number of aromatic nitrogens is 1. The van der Waals surface area contributed by atoms with Crippen LogP contribution in [-0.4, -0.2) is 15.8 Å². The Balaban J connectivity index is 1.71. The fourth-order valence-corrected chi connectivity index (χ4v) is 3.41. The molecular formula is C25H22N2O. The maximum atomic E-state index is 13.5. The van der Waals surface area contributed by atoms with Crippen LogP contribution in [0.4, 0.5) is 0 Å². The Labute approximate surface area is 165 Å². The summed E-state index contributed by atoms with van der Waals surface area (Å²) >= 11 is 0. The first kappa shape index (κ1) is 17.9. The molecule has 0 aliphatic rings. The number of hydrogen-bond donors (Lipinski definition) is 0. The summed E-state index contributed by atoms with van der Waals surface area (Å²) in [6.07, 6.45) is 0. The maximum Gasteiger partial charge on any atom is 0.273 e. The number of fused-ring (bicyclic) bond motifs is 1. The number of amides is 1. The van der Waals surface area contributed by atoms with Crippen LogP contribution in [0.5, 0.6) is 0 Å². The highest BCUT2D eigenvalue weighted by Gasteiger charge is 2.24. The second kappa shape index (κ2) is 8.05. The third-order valence-corrected chi connectivity index (χ3v) is 5.02. The van der Waals surface area contributed by atoms with Crippen molar-refractivity contribution in [2.75, 3.05) is 0 Å². The Morgan fingerprint density at radius 3 is 2.21 bits per heavy atom. The second-order valence-electron chi connectivity index (χ2n) is 6.89. The van der Waals surface area contributed by atoms with Crippen LogP contribution in [0, 0.1) is 0 Å². The largest absolute Gasteiger partial charge is 0.326 e. The minimum Gasteiger partial charge on any atom is -0.326 e. The number of rotatable bonds is 5. The Hall–Kier alpha value is -3.46. The van der Waals surface area contributed by atoms with Crippen molar-refractivity contribution < 1.29 is 4.79 Å². The topological polar surface area (TPSA) is 33.2 Å². The van der Waals surface area contributed by atoms with E-state index in [1.165, 1.54) is 0 Å². The summed E-state index contributed by atoms with van der Waals surface area (Å²) in [5.41, 5.74) is 3.50. The molecule has 1 atom stereocenters. The van der Waals surface area contributed by atoms with Gasteiger partial charge in [-0.05, 0) is 30.2 Å². The van der Waals surface area contributed by atoms with Gasteiger partial charge in [0, 0.05) is 11.9 Å². The van der Waals surface area contributed by atoms with Crippen molar-refractivity contribution in [2.24, 2.45) is 0 Å². The van der Waals surface area contributed by atoms with Crippen LogP contribution in [0.25, 0.3) is 10.9 Å². The number of hydrogen-bond acceptors (Lipinski definition) is 2. The van der Waals surface area contributed by atoms with Crippen LogP contribution in [-0.2, 0) is 6.54 Å². The maximum absolute atomic E-state index is 13.5. The number of pyridine rings is 1. The summed E-state index contributed by atoms with van der Waals surface area (Å²) in [5.74, 6) is -0.0639. The zero-order valence-electron chi connectivity index (χ0n) is 15.8. The van der Waals surface area contributed by atoms with Crippen LogP contribution in [0.1, 0.15) is 34.6 Å². The van der Waals surface area contributed by atoms with E-state index in [1.807, 2.05) is 89.8 Å². The van der Waals surface area contributed by atoms with E-state index in [1.54, 1.807) is 0 Å². The average molecular weight is 366 g/mol. The third-order valence-electron chi connectivity index (χ3n) is 5.02. The predicted molar refractivity (Wildman–Crippen MR) is 113 cm³/mol. The number of carbonyl (C=O) groups is 1. The van der Waals surface area contributed by atoms with Gasteiger partial charge in [-0.1, -0.05) is 84.9 Å². The van der Waals surface area contributed by atoms with Gasteiger partial charge in [0.2, 0.25) is 0 Å². The summed E-state index contributed by atoms with van der Waals surface area (Å²) in [6, 6.07) is 31.8. The molecule has 3 heteroatoms. The SMILES string of the molecule is C[C@H](c1ccccc1)N(Cc1ccccc1)C(=O)c1ccc2ccccc2n1. The fraction of sp³-hybridized carbons (Fsp3) is 0.120. The van der Waals surface area contributed by atoms with Crippen LogP contribution < -0.4 is 0 Å². The fourth-order valence-electron chi connectivity index (χ4n) is 3.41. The number of para-hydroxylation sites is 1. The van der Waals surface area contributed by atoms with Crippen molar-refractivity contribution in [1.29, 1.82) is 0 Å². The molecule has 1 amide bonds. The van der Waals surface area contributed by atoms with Crippen molar-refractivity contribution >= 4 is 16.8 Å². The van der Waals surface area contributed by atoms with Crippen LogP contribution in [0.2, 0.25) is 0 Å². The minimum atomic E-state index is -0.0674.